The Morgan fingerprint density at radius 2 is 2.17 bits per heavy atom. The lowest BCUT2D eigenvalue weighted by Gasteiger charge is -2.39. The third kappa shape index (κ3) is 2.54. The number of rotatable bonds is 1. The second-order valence-electron chi connectivity index (χ2n) is 4.89. The molecule has 4 heteroatoms. The first-order chi connectivity index (χ1) is 8.52. The van der Waals surface area contributed by atoms with Crippen molar-refractivity contribution in [2.24, 2.45) is 0 Å². The highest BCUT2D eigenvalue weighted by atomic mass is 127. The lowest BCUT2D eigenvalue weighted by Crippen LogP contribution is -2.57. The van der Waals surface area contributed by atoms with Crippen LogP contribution in [0.25, 0.3) is 0 Å². The molecule has 2 rings (SSSR count). The van der Waals surface area contributed by atoms with E-state index in [2.05, 4.69) is 41.8 Å². The first-order valence-corrected chi connectivity index (χ1v) is 7.39. The molecular formula is C14H19IN2O. The number of halogens is 1. The number of hydrogen-bond donors (Lipinski definition) is 1. The Morgan fingerprint density at radius 1 is 1.44 bits per heavy atom. The molecule has 3 nitrogen and oxygen atoms in total. The van der Waals surface area contributed by atoms with Crippen LogP contribution in [0.2, 0.25) is 0 Å². The van der Waals surface area contributed by atoms with E-state index in [9.17, 15) is 4.79 Å². The van der Waals surface area contributed by atoms with Crippen molar-refractivity contribution in [3.05, 3.63) is 32.9 Å². The Kier molecular flexibility index (Phi) is 4.27. The molecule has 98 valence electrons. The van der Waals surface area contributed by atoms with Gasteiger partial charge < -0.3 is 10.2 Å². The molecule has 1 N–H and O–H groups in total. The molecule has 0 aromatic heterocycles. The van der Waals surface area contributed by atoms with Gasteiger partial charge in [-0.05, 0) is 61.1 Å². The van der Waals surface area contributed by atoms with E-state index in [-0.39, 0.29) is 11.9 Å². The van der Waals surface area contributed by atoms with Gasteiger partial charge in [-0.1, -0.05) is 6.07 Å². The van der Waals surface area contributed by atoms with E-state index in [1.807, 2.05) is 30.0 Å². The second kappa shape index (κ2) is 5.57. The van der Waals surface area contributed by atoms with Gasteiger partial charge in [0.15, 0.2) is 0 Å². The molecule has 2 unspecified atom stereocenters. The topological polar surface area (TPSA) is 32.3 Å². The van der Waals surface area contributed by atoms with Gasteiger partial charge in [-0.25, -0.2) is 0 Å². The summed E-state index contributed by atoms with van der Waals surface area (Å²) in [5.41, 5.74) is 1.92. The summed E-state index contributed by atoms with van der Waals surface area (Å²) < 4.78 is 1.15. The van der Waals surface area contributed by atoms with Gasteiger partial charge in [0.25, 0.3) is 5.91 Å². The number of nitrogens with one attached hydrogen (secondary N) is 1. The number of hydrogen-bond acceptors (Lipinski definition) is 2. The molecule has 2 atom stereocenters. The maximum atomic E-state index is 12.6. The molecule has 0 bridgehead atoms. The van der Waals surface area contributed by atoms with Crippen LogP contribution in [0.4, 0.5) is 0 Å². The molecule has 0 spiro atoms. The molecule has 1 heterocycles. The Balaban J connectivity index is 2.28. The molecular weight excluding hydrogens is 339 g/mol. The number of nitrogens with zero attached hydrogens (tertiary/aromatic N) is 1. The maximum absolute atomic E-state index is 12.6. The smallest absolute Gasteiger partial charge is 0.254 e. The maximum Gasteiger partial charge on any atom is 0.254 e. The van der Waals surface area contributed by atoms with Crippen molar-refractivity contribution < 1.29 is 4.79 Å². The van der Waals surface area contributed by atoms with Crippen molar-refractivity contribution in [1.29, 1.82) is 0 Å². The molecule has 0 saturated carbocycles. The predicted molar refractivity (Wildman–Crippen MR) is 81.9 cm³/mol. The second-order valence-corrected chi connectivity index (χ2v) is 6.06. The van der Waals surface area contributed by atoms with Crippen LogP contribution in [-0.4, -0.2) is 36.0 Å². The van der Waals surface area contributed by atoms with E-state index in [0.717, 1.165) is 27.8 Å². The van der Waals surface area contributed by atoms with Crippen LogP contribution in [-0.2, 0) is 0 Å². The van der Waals surface area contributed by atoms with Crippen molar-refractivity contribution >= 4 is 28.5 Å². The molecule has 1 aliphatic heterocycles. The van der Waals surface area contributed by atoms with Crippen LogP contribution in [0, 0.1) is 10.5 Å². The van der Waals surface area contributed by atoms with Gasteiger partial charge in [0.05, 0.1) is 0 Å². The number of amides is 1. The normalized spacial score (nSPS) is 24.1. The van der Waals surface area contributed by atoms with Crippen LogP contribution in [0.5, 0.6) is 0 Å². The summed E-state index contributed by atoms with van der Waals surface area (Å²) in [5.74, 6) is 0.159. The molecule has 0 radical (unpaired) electrons. The minimum absolute atomic E-state index is 0.159. The third-order valence-electron chi connectivity index (χ3n) is 3.79. The fraction of sp³-hybridized carbons (Fsp3) is 0.500. The SMILES string of the molecule is Cc1c(I)cccc1C(=O)N1CCNC(C)C1C. The average Bonchev–Trinajstić information content (AvgIpc) is 2.35. The van der Waals surface area contributed by atoms with Gasteiger partial charge in [0.1, 0.15) is 0 Å². The Morgan fingerprint density at radius 3 is 2.89 bits per heavy atom. The molecule has 1 fully saturated rings. The van der Waals surface area contributed by atoms with Crippen molar-refractivity contribution in [2.75, 3.05) is 13.1 Å². The highest BCUT2D eigenvalue weighted by molar-refractivity contribution is 14.1. The summed E-state index contributed by atoms with van der Waals surface area (Å²) in [6, 6.07) is 6.52. The molecule has 1 aromatic carbocycles. The summed E-state index contributed by atoms with van der Waals surface area (Å²) in [7, 11) is 0. The quantitative estimate of drug-likeness (QED) is 0.783. The summed E-state index contributed by atoms with van der Waals surface area (Å²) in [5, 5.41) is 3.40. The summed E-state index contributed by atoms with van der Waals surface area (Å²) in [4.78, 5) is 14.6. The van der Waals surface area contributed by atoms with Crippen molar-refractivity contribution in [3.8, 4) is 0 Å². The highest BCUT2D eigenvalue weighted by Gasteiger charge is 2.29. The first kappa shape index (κ1) is 13.8. The lowest BCUT2D eigenvalue weighted by atomic mass is 10.0. The standard InChI is InChI=1S/C14H19IN2O/c1-9-12(5-4-6-13(9)15)14(18)17-8-7-16-10(2)11(17)3/h4-6,10-11,16H,7-8H2,1-3H3. The van der Waals surface area contributed by atoms with Crippen LogP contribution in [0.15, 0.2) is 18.2 Å². The lowest BCUT2D eigenvalue weighted by molar-refractivity contribution is 0.0602. The number of carbonyl (C=O) groups excluding carboxylic acids is 1. The van der Waals surface area contributed by atoms with Crippen LogP contribution < -0.4 is 5.32 Å². The van der Waals surface area contributed by atoms with Gasteiger partial charge in [-0.3, -0.25) is 4.79 Å². The molecule has 1 aromatic rings. The predicted octanol–water partition coefficient (Wildman–Crippen LogP) is 2.42. The van der Waals surface area contributed by atoms with E-state index in [4.69, 9.17) is 0 Å². The van der Waals surface area contributed by atoms with Crippen molar-refractivity contribution in [1.82, 2.24) is 10.2 Å². The zero-order chi connectivity index (χ0) is 13.3. The fourth-order valence-corrected chi connectivity index (χ4v) is 2.84. The zero-order valence-electron chi connectivity index (χ0n) is 11.0. The monoisotopic (exact) mass is 358 g/mol. The third-order valence-corrected chi connectivity index (χ3v) is 4.96. The van der Waals surface area contributed by atoms with Gasteiger partial charge >= 0.3 is 0 Å². The molecule has 0 aliphatic carbocycles. The summed E-state index contributed by atoms with van der Waals surface area (Å²) in [6.45, 7) is 7.92. The van der Waals surface area contributed by atoms with E-state index >= 15 is 0 Å². The van der Waals surface area contributed by atoms with E-state index in [1.165, 1.54) is 0 Å². The molecule has 1 aliphatic rings. The van der Waals surface area contributed by atoms with E-state index in [0.29, 0.717) is 6.04 Å². The number of carbonyl (C=O) groups is 1. The van der Waals surface area contributed by atoms with Crippen LogP contribution in [0.1, 0.15) is 29.8 Å². The van der Waals surface area contributed by atoms with Crippen molar-refractivity contribution in [3.63, 3.8) is 0 Å². The zero-order valence-corrected chi connectivity index (χ0v) is 13.2. The largest absolute Gasteiger partial charge is 0.333 e. The average molecular weight is 358 g/mol. The fourth-order valence-electron chi connectivity index (χ4n) is 2.34. The Bertz CT molecular complexity index is 461. The Hall–Kier alpha value is -0.620. The van der Waals surface area contributed by atoms with Gasteiger partial charge in [0.2, 0.25) is 0 Å². The molecule has 1 amide bonds. The molecule has 18 heavy (non-hydrogen) atoms. The van der Waals surface area contributed by atoms with E-state index in [1.54, 1.807) is 0 Å². The van der Waals surface area contributed by atoms with Gasteiger partial charge in [-0.2, -0.15) is 0 Å². The van der Waals surface area contributed by atoms with Crippen LogP contribution in [0.3, 0.4) is 0 Å². The Labute approximate surface area is 122 Å². The summed E-state index contributed by atoms with van der Waals surface area (Å²) >= 11 is 2.28. The minimum Gasteiger partial charge on any atom is -0.333 e. The number of piperazine rings is 1. The summed E-state index contributed by atoms with van der Waals surface area (Å²) in [6.07, 6.45) is 0. The molecule has 1 saturated heterocycles. The minimum atomic E-state index is 0.159. The van der Waals surface area contributed by atoms with Gasteiger partial charge in [-0.15, -0.1) is 0 Å². The van der Waals surface area contributed by atoms with Crippen LogP contribution >= 0.6 is 22.6 Å². The first-order valence-electron chi connectivity index (χ1n) is 6.32. The number of benzene rings is 1. The van der Waals surface area contributed by atoms with Crippen molar-refractivity contribution in [2.45, 2.75) is 32.9 Å². The highest BCUT2D eigenvalue weighted by Crippen LogP contribution is 2.20. The van der Waals surface area contributed by atoms with Gasteiger partial charge in [0, 0.05) is 34.3 Å². The van der Waals surface area contributed by atoms with E-state index < -0.39 is 0 Å².